The minimum Gasteiger partial charge on any atom is -0.424 e. The summed E-state index contributed by atoms with van der Waals surface area (Å²) in [5.74, 6) is 0.206. The second-order valence-corrected chi connectivity index (χ2v) is 18.4. The van der Waals surface area contributed by atoms with Crippen molar-refractivity contribution < 1.29 is 22.8 Å². The van der Waals surface area contributed by atoms with Crippen molar-refractivity contribution in [2.45, 2.75) is 65.0 Å². The van der Waals surface area contributed by atoms with Gasteiger partial charge in [0.1, 0.15) is 16.9 Å². The summed E-state index contributed by atoms with van der Waals surface area (Å²) in [5, 5.41) is 7.27. The zero-order valence-electron chi connectivity index (χ0n) is 38.1. The van der Waals surface area contributed by atoms with Gasteiger partial charge in [0.25, 0.3) is 23.8 Å². The van der Waals surface area contributed by atoms with Crippen molar-refractivity contribution in [3.63, 3.8) is 0 Å². The number of carbonyl (C=O) groups excluding carboxylic acids is 2. The van der Waals surface area contributed by atoms with Crippen molar-refractivity contribution in [2.75, 3.05) is 36.8 Å². The van der Waals surface area contributed by atoms with Gasteiger partial charge in [-0.2, -0.15) is 9.97 Å². The number of oxazole rings is 2. The summed E-state index contributed by atoms with van der Waals surface area (Å²) in [6.07, 6.45) is 7.55. The lowest BCUT2D eigenvalue weighted by molar-refractivity contribution is 0.0493. The fraction of sp³-hybridized carbons (Fsp3) is 0.308. The van der Waals surface area contributed by atoms with Crippen LogP contribution in [-0.2, 0) is 0 Å². The Morgan fingerprint density at radius 1 is 0.691 bits per heavy atom. The summed E-state index contributed by atoms with van der Waals surface area (Å²) in [6, 6.07) is 24.8. The molecule has 0 radical (unpaired) electrons. The van der Waals surface area contributed by atoms with E-state index in [0.29, 0.717) is 93.2 Å². The Labute approximate surface area is 397 Å². The van der Waals surface area contributed by atoms with Crippen LogP contribution in [0, 0.1) is 31.5 Å². The lowest BCUT2D eigenvalue weighted by Crippen LogP contribution is -2.53. The molecule has 16 heteroatoms. The maximum Gasteiger partial charge on any atom is 0.295 e. The van der Waals surface area contributed by atoms with Gasteiger partial charge in [-0.15, -0.1) is 0 Å². The summed E-state index contributed by atoms with van der Waals surface area (Å²) < 4.78 is 26.0. The van der Waals surface area contributed by atoms with Crippen LogP contribution in [0.1, 0.15) is 76.6 Å². The third-order valence-corrected chi connectivity index (χ3v) is 13.7. The Morgan fingerprint density at radius 2 is 1.29 bits per heavy atom. The molecule has 2 N–H and O–H groups in total. The summed E-state index contributed by atoms with van der Waals surface area (Å²) >= 11 is 6.20. The predicted molar refractivity (Wildman–Crippen MR) is 259 cm³/mol. The number of aromatic nitrogens is 6. The van der Waals surface area contributed by atoms with Gasteiger partial charge in [-0.05, 0) is 112 Å². The quantitative estimate of drug-likeness (QED) is 0.126. The highest BCUT2D eigenvalue weighted by Crippen LogP contribution is 2.39. The highest BCUT2D eigenvalue weighted by atomic mass is 35.5. The molecule has 8 aromatic rings. The highest BCUT2D eigenvalue weighted by Gasteiger charge is 2.41. The molecule has 2 saturated heterocycles. The van der Waals surface area contributed by atoms with Gasteiger partial charge in [-0.1, -0.05) is 48.7 Å². The zero-order valence-corrected chi connectivity index (χ0v) is 38.9. The third kappa shape index (κ3) is 8.97. The van der Waals surface area contributed by atoms with Gasteiger partial charge in [0.05, 0.1) is 23.2 Å². The standard InChI is InChI=1S/C52H50ClFN10O4/c1-29-8-12-36(38(23-29)47-55-18-6-19-56-47)50(66)64-22-17-35(32(4)44(64)28-59-52-62-42-26-34(54)11-15-46(42)68-52)40-16-20-57-48(60-40)39-24-30(2)9-13-37(39)49(65)63-21-5-7-31(3)43(63)27-58-51-61-41-25-33(53)10-14-45(41)67-51/h6,8-16,18-20,23-26,31-32,35,43-44H,5,7,17,21-22,27-28H2,1-4H3,(H,58,61)(H,59,62). The SMILES string of the molecule is Cc1ccc(C(=O)N2CCCC(C)C2CNc2nc3cc(Cl)ccc3o2)c(-c2nccc(C3CCN(C(=O)c4ccc(C)cc4-c4ncccn4)C(CNc4nc5cc(F)ccc5o4)C3C)n2)c1. The molecular formula is C52H50ClFN10O4. The third-order valence-electron chi connectivity index (χ3n) is 13.5. The molecule has 10 rings (SSSR count). The van der Waals surface area contributed by atoms with Gasteiger partial charge in [0.15, 0.2) is 22.8 Å². The average molecular weight is 933 g/mol. The molecule has 6 heterocycles. The van der Waals surface area contributed by atoms with Crippen molar-refractivity contribution in [1.82, 2.24) is 39.7 Å². The number of anilines is 2. The van der Waals surface area contributed by atoms with Crippen molar-refractivity contribution >= 4 is 57.6 Å². The molecule has 4 aromatic carbocycles. The number of hydrogen-bond acceptors (Lipinski definition) is 12. The number of amides is 2. The maximum atomic E-state index is 14.9. The van der Waals surface area contributed by atoms with E-state index in [-0.39, 0.29) is 54.2 Å². The van der Waals surface area contributed by atoms with Crippen LogP contribution < -0.4 is 10.6 Å². The van der Waals surface area contributed by atoms with Crippen LogP contribution in [0.2, 0.25) is 5.02 Å². The molecule has 0 saturated carbocycles. The first-order valence-electron chi connectivity index (χ1n) is 23.0. The van der Waals surface area contributed by atoms with Gasteiger partial charge < -0.3 is 29.3 Å². The van der Waals surface area contributed by atoms with Crippen molar-refractivity contribution in [2.24, 2.45) is 11.8 Å². The number of likely N-dealkylation sites (tertiary alicyclic amines) is 2. The second-order valence-electron chi connectivity index (χ2n) is 18.0. The zero-order chi connectivity index (χ0) is 47.1. The van der Waals surface area contributed by atoms with Gasteiger partial charge in [-0.25, -0.2) is 24.3 Å². The fourth-order valence-corrected chi connectivity index (χ4v) is 10.1. The minimum atomic E-state index is -0.414. The Kier molecular flexibility index (Phi) is 12.3. The lowest BCUT2D eigenvalue weighted by Gasteiger charge is -2.44. The number of carbonyl (C=O) groups is 2. The Bertz CT molecular complexity index is 3160. The number of nitrogens with one attached hydrogen (secondary N) is 2. The fourth-order valence-electron chi connectivity index (χ4n) is 9.89. The van der Waals surface area contributed by atoms with Crippen molar-refractivity contribution in [3.05, 3.63) is 142 Å². The first kappa shape index (κ1) is 44.6. The van der Waals surface area contributed by atoms with Gasteiger partial charge in [-0.3, -0.25) is 9.59 Å². The molecule has 14 nitrogen and oxygen atoms in total. The van der Waals surface area contributed by atoms with E-state index in [1.165, 1.54) is 12.1 Å². The predicted octanol–water partition coefficient (Wildman–Crippen LogP) is 10.4. The lowest BCUT2D eigenvalue weighted by atomic mass is 9.78. The van der Waals surface area contributed by atoms with Gasteiger partial charge >= 0.3 is 0 Å². The Morgan fingerprint density at radius 3 is 1.99 bits per heavy atom. The van der Waals surface area contributed by atoms with E-state index in [4.69, 9.17) is 30.4 Å². The highest BCUT2D eigenvalue weighted by molar-refractivity contribution is 6.31. The molecule has 0 spiro atoms. The van der Waals surface area contributed by atoms with E-state index in [2.05, 4.69) is 44.4 Å². The molecule has 2 aliphatic rings. The van der Waals surface area contributed by atoms with E-state index in [1.54, 1.807) is 48.9 Å². The molecule has 0 bridgehead atoms. The van der Waals surface area contributed by atoms with Gasteiger partial charge in [0, 0.05) is 78.6 Å². The number of aryl methyl sites for hydroxylation is 2. The first-order chi connectivity index (χ1) is 33.0. The van der Waals surface area contributed by atoms with Crippen molar-refractivity contribution in [3.8, 4) is 22.8 Å². The van der Waals surface area contributed by atoms with Crippen LogP contribution in [0.5, 0.6) is 0 Å². The van der Waals surface area contributed by atoms with E-state index in [0.717, 1.165) is 29.7 Å². The van der Waals surface area contributed by atoms with Crippen LogP contribution in [0.15, 0.2) is 112 Å². The van der Waals surface area contributed by atoms with E-state index < -0.39 is 5.82 Å². The van der Waals surface area contributed by atoms with Crippen LogP contribution in [0.25, 0.3) is 45.0 Å². The van der Waals surface area contributed by atoms with Crippen LogP contribution in [-0.4, -0.2) is 89.8 Å². The summed E-state index contributed by atoms with van der Waals surface area (Å²) in [4.78, 5) is 61.7. The molecule has 2 fully saturated rings. The molecule has 346 valence electrons. The number of benzene rings is 4. The second kappa shape index (κ2) is 18.8. The van der Waals surface area contributed by atoms with E-state index in [9.17, 15) is 14.0 Å². The molecule has 4 aromatic heterocycles. The normalized spacial score (nSPS) is 19.6. The van der Waals surface area contributed by atoms with Crippen LogP contribution in [0.3, 0.4) is 0 Å². The number of piperidine rings is 2. The van der Waals surface area contributed by atoms with E-state index in [1.807, 2.05) is 66.1 Å². The van der Waals surface area contributed by atoms with E-state index >= 15 is 0 Å². The number of halogens is 2. The first-order valence-corrected chi connectivity index (χ1v) is 23.4. The van der Waals surface area contributed by atoms with Crippen LogP contribution >= 0.6 is 11.6 Å². The van der Waals surface area contributed by atoms with Gasteiger partial charge in [0.2, 0.25) is 0 Å². The molecule has 68 heavy (non-hydrogen) atoms. The number of rotatable bonds is 11. The summed E-state index contributed by atoms with van der Waals surface area (Å²) in [7, 11) is 0. The molecule has 0 aliphatic carbocycles. The molecule has 5 unspecified atom stereocenters. The van der Waals surface area contributed by atoms with Crippen molar-refractivity contribution in [1.29, 1.82) is 0 Å². The molecular weight excluding hydrogens is 883 g/mol. The average Bonchev–Trinajstić information content (AvgIpc) is 3.95. The minimum absolute atomic E-state index is 0.0960. The molecule has 2 amide bonds. The number of nitrogens with zero attached hydrogens (tertiary/aromatic N) is 8. The summed E-state index contributed by atoms with van der Waals surface area (Å²) in [5.41, 5.74) is 7.18. The Balaban J connectivity index is 0.940. The molecule has 5 atom stereocenters. The smallest absolute Gasteiger partial charge is 0.295 e. The topological polar surface area (TPSA) is 168 Å². The Hall–Kier alpha value is -7.26. The van der Waals surface area contributed by atoms with Crippen LogP contribution in [0.4, 0.5) is 16.4 Å². The monoisotopic (exact) mass is 932 g/mol. The summed E-state index contributed by atoms with van der Waals surface area (Å²) in [6.45, 7) is 10.0. The maximum absolute atomic E-state index is 14.9. The number of hydrogen-bond donors (Lipinski definition) is 2. The number of fused-ring (bicyclic) bond motifs is 2. The molecule has 2 aliphatic heterocycles. The largest absolute Gasteiger partial charge is 0.424 e.